The summed E-state index contributed by atoms with van der Waals surface area (Å²) in [6, 6.07) is 7.41. The van der Waals surface area contributed by atoms with E-state index in [0.29, 0.717) is 19.0 Å². The maximum atomic E-state index is 12.1. The summed E-state index contributed by atoms with van der Waals surface area (Å²) in [6.45, 7) is 7.02. The third-order valence-electron chi connectivity index (χ3n) is 3.89. The van der Waals surface area contributed by atoms with Crippen molar-refractivity contribution in [1.29, 1.82) is 0 Å². The van der Waals surface area contributed by atoms with Gasteiger partial charge < -0.3 is 15.0 Å². The van der Waals surface area contributed by atoms with E-state index in [2.05, 4.69) is 22.9 Å². The molecule has 2 rings (SSSR count). The van der Waals surface area contributed by atoms with E-state index in [-0.39, 0.29) is 12.1 Å². The van der Waals surface area contributed by atoms with Crippen LogP contribution in [-0.4, -0.2) is 35.7 Å². The van der Waals surface area contributed by atoms with Gasteiger partial charge in [0, 0.05) is 18.8 Å². The van der Waals surface area contributed by atoms with E-state index in [1.807, 2.05) is 45.0 Å². The Morgan fingerprint density at radius 3 is 2.25 bits per heavy atom. The summed E-state index contributed by atoms with van der Waals surface area (Å²) in [5.74, 6) is 0.413. The van der Waals surface area contributed by atoms with E-state index in [9.17, 15) is 9.59 Å². The minimum atomic E-state index is -0.462. The van der Waals surface area contributed by atoms with Crippen LogP contribution in [0.4, 0.5) is 15.3 Å². The molecular weight excluding hydrogens is 326 g/mol. The largest absolute Gasteiger partial charge is 0.444 e. The molecule has 1 fully saturated rings. The first-order valence-corrected chi connectivity index (χ1v) is 8.52. The minimum absolute atomic E-state index is 0.238. The van der Waals surface area contributed by atoms with Crippen LogP contribution in [0.2, 0.25) is 0 Å². The van der Waals surface area contributed by atoms with E-state index in [0.717, 1.165) is 18.5 Å². The van der Waals surface area contributed by atoms with Crippen LogP contribution in [0.15, 0.2) is 24.3 Å². The maximum absolute atomic E-state index is 12.1. The molecule has 1 aliphatic rings. The number of hydrogen-bond donors (Lipinski definition) is 3. The number of likely N-dealkylation sites (tertiary alicyclic amines) is 1. The molecule has 3 amide bonds. The molecule has 132 valence electrons. The molecule has 7 heteroatoms. The Morgan fingerprint density at radius 2 is 1.75 bits per heavy atom. The third kappa shape index (κ3) is 5.33. The van der Waals surface area contributed by atoms with Crippen molar-refractivity contribution in [3.8, 4) is 0 Å². The molecule has 0 unspecified atom stereocenters. The number of thiol groups is 1. The van der Waals surface area contributed by atoms with Crippen molar-refractivity contribution in [3.63, 3.8) is 0 Å². The zero-order chi connectivity index (χ0) is 17.7. The van der Waals surface area contributed by atoms with Gasteiger partial charge in [0.05, 0.1) is 0 Å². The second kappa shape index (κ2) is 7.79. The summed E-state index contributed by atoms with van der Waals surface area (Å²) in [4.78, 5) is 25.1. The predicted octanol–water partition coefficient (Wildman–Crippen LogP) is 3.77. The van der Waals surface area contributed by atoms with Gasteiger partial charge in [-0.25, -0.2) is 9.59 Å². The van der Waals surface area contributed by atoms with E-state index < -0.39 is 5.60 Å². The van der Waals surface area contributed by atoms with Gasteiger partial charge in [0.25, 0.3) is 0 Å². The Balaban J connectivity index is 1.88. The Bertz CT molecular complexity index is 576. The van der Waals surface area contributed by atoms with Crippen LogP contribution in [0.3, 0.4) is 0 Å². The quantitative estimate of drug-likeness (QED) is 0.710. The number of nitrogens with zero attached hydrogens (tertiary/aromatic N) is 1. The van der Waals surface area contributed by atoms with Gasteiger partial charge >= 0.3 is 12.1 Å². The zero-order valence-electron chi connectivity index (χ0n) is 14.3. The van der Waals surface area contributed by atoms with Crippen molar-refractivity contribution in [1.82, 2.24) is 9.62 Å². The average Bonchev–Trinajstić information content (AvgIpc) is 2.54. The molecular formula is C17H25N3O3S. The number of hydrogen-bond acceptors (Lipinski definition) is 4. The molecule has 0 radical (unpaired) electrons. The number of anilines is 1. The molecule has 2 N–H and O–H groups in total. The smallest absolute Gasteiger partial charge is 0.410 e. The highest BCUT2D eigenvalue weighted by Crippen LogP contribution is 2.29. The first-order chi connectivity index (χ1) is 11.3. The van der Waals surface area contributed by atoms with E-state index >= 15 is 0 Å². The van der Waals surface area contributed by atoms with Crippen LogP contribution in [-0.2, 0) is 4.74 Å². The van der Waals surface area contributed by atoms with Crippen molar-refractivity contribution in [2.45, 2.75) is 45.1 Å². The van der Waals surface area contributed by atoms with Gasteiger partial charge in [-0.1, -0.05) is 24.9 Å². The molecule has 0 aliphatic carbocycles. The molecule has 0 aromatic heterocycles. The highest BCUT2D eigenvalue weighted by atomic mass is 32.1. The lowest BCUT2D eigenvalue weighted by atomic mass is 9.89. The van der Waals surface area contributed by atoms with Crippen molar-refractivity contribution in [2.24, 2.45) is 0 Å². The molecule has 6 nitrogen and oxygen atoms in total. The molecule has 1 aliphatic heterocycles. The Hall–Kier alpha value is -1.89. The molecule has 0 bridgehead atoms. The number of rotatable bonds is 2. The lowest BCUT2D eigenvalue weighted by Crippen LogP contribution is -2.41. The molecule has 1 saturated heterocycles. The molecule has 0 atom stereocenters. The number of piperidine rings is 1. The van der Waals surface area contributed by atoms with E-state index in [1.54, 1.807) is 4.90 Å². The van der Waals surface area contributed by atoms with Crippen LogP contribution in [0, 0.1) is 0 Å². The van der Waals surface area contributed by atoms with Gasteiger partial charge in [0.2, 0.25) is 0 Å². The summed E-state index contributed by atoms with van der Waals surface area (Å²) in [7, 11) is 0. The lowest BCUT2D eigenvalue weighted by molar-refractivity contribution is 0.0205. The average molecular weight is 351 g/mol. The Labute approximate surface area is 148 Å². The maximum Gasteiger partial charge on any atom is 0.410 e. The second-order valence-electron chi connectivity index (χ2n) is 6.93. The van der Waals surface area contributed by atoms with Gasteiger partial charge in [-0.3, -0.25) is 4.72 Å². The fourth-order valence-electron chi connectivity index (χ4n) is 2.72. The number of carbonyl (C=O) groups excluding carboxylic acids is 2. The summed E-state index contributed by atoms with van der Waals surface area (Å²) in [6.07, 6.45) is 1.57. The standard InChI is InChI=1S/C17H25N3O3S/c1-17(2,3)23-16(22)20-10-8-13(9-11-20)12-4-6-14(7-5-12)18-15(21)19-24/h4-7,13,24H,8-11H2,1-3H3,(H2,18,19,21). The molecule has 24 heavy (non-hydrogen) atoms. The fraction of sp³-hybridized carbons (Fsp3) is 0.529. The normalized spacial score (nSPS) is 15.8. The first kappa shape index (κ1) is 18.4. The van der Waals surface area contributed by atoms with Gasteiger partial charge in [-0.15, -0.1) is 0 Å². The topological polar surface area (TPSA) is 70.7 Å². The SMILES string of the molecule is CC(C)(C)OC(=O)N1CCC(c2ccc(NC(=O)NS)cc2)CC1. The van der Waals surface area contributed by atoms with Crippen LogP contribution in [0.25, 0.3) is 0 Å². The number of carbonyl (C=O) groups is 2. The van der Waals surface area contributed by atoms with Crippen molar-refractivity contribution in [3.05, 3.63) is 29.8 Å². The van der Waals surface area contributed by atoms with Crippen LogP contribution < -0.4 is 10.0 Å². The predicted molar refractivity (Wildman–Crippen MR) is 97.4 cm³/mol. The number of benzene rings is 1. The minimum Gasteiger partial charge on any atom is -0.444 e. The lowest BCUT2D eigenvalue weighted by Gasteiger charge is -2.33. The summed E-state index contributed by atoms with van der Waals surface area (Å²) in [5.41, 5.74) is 1.47. The number of amides is 3. The Morgan fingerprint density at radius 1 is 1.17 bits per heavy atom. The highest BCUT2D eigenvalue weighted by Gasteiger charge is 2.27. The molecule has 0 spiro atoms. The van der Waals surface area contributed by atoms with Crippen LogP contribution in [0.1, 0.15) is 45.1 Å². The summed E-state index contributed by atoms with van der Waals surface area (Å²) in [5, 5.41) is 2.67. The number of ether oxygens (including phenoxy) is 1. The third-order valence-corrected chi connectivity index (χ3v) is 4.09. The Kier molecular flexibility index (Phi) is 5.99. The fourth-order valence-corrected chi connectivity index (χ4v) is 2.78. The highest BCUT2D eigenvalue weighted by molar-refractivity contribution is 7.78. The molecule has 1 aromatic rings. The zero-order valence-corrected chi connectivity index (χ0v) is 15.2. The number of urea groups is 1. The van der Waals surface area contributed by atoms with Crippen LogP contribution in [0.5, 0.6) is 0 Å². The molecule has 1 aromatic carbocycles. The van der Waals surface area contributed by atoms with Gasteiger partial charge in [0.15, 0.2) is 0 Å². The first-order valence-electron chi connectivity index (χ1n) is 8.07. The summed E-state index contributed by atoms with van der Waals surface area (Å²) < 4.78 is 7.63. The number of nitrogens with one attached hydrogen (secondary N) is 2. The van der Waals surface area contributed by atoms with E-state index in [4.69, 9.17) is 4.74 Å². The second-order valence-corrected chi connectivity index (χ2v) is 7.15. The molecule has 1 heterocycles. The van der Waals surface area contributed by atoms with Crippen LogP contribution >= 0.6 is 12.8 Å². The van der Waals surface area contributed by atoms with E-state index in [1.165, 1.54) is 5.56 Å². The summed E-state index contributed by atoms with van der Waals surface area (Å²) >= 11 is 3.70. The monoisotopic (exact) mass is 351 g/mol. The van der Waals surface area contributed by atoms with Crippen molar-refractivity contribution < 1.29 is 14.3 Å². The van der Waals surface area contributed by atoms with Gasteiger partial charge in [-0.2, -0.15) is 0 Å². The molecule has 0 saturated carbocycles. The van der Waals surface area contributed by atoms with Crippen molar-refractivity contribution in [2.75, 3.05) is 18.4 Å². The van der Waals surface area contributed by atoms with Gasteiger partial charge in [0.1, 0.15) is 5.60 Å². The van der Waals surface area contributed by atoms with Gasteiger partial charge in [-0.05, 0) is 57.2 Å². The van der Waals surface area contributed by atoms with Crippen molar-refractivity contribution >= 4 is 30.6 Å².